The van der Waals surface area contributed by atoms with Gasteiger partial charge < -0.3 is 10.4 Å². The summed E-state index contributed by atoms with van der Waals surface area (Å²) in [4.78, 5) is 11.3. The van der Waals surface area contributed by atoms with Crippen LogP contribution in [0.5, 0.6) is 0 Å². The molecule has 88 valence electrons. The second kappa shape index (κ2) is 6.66. The van der Waals surface area contributed by atoms with E-state index in [0.29, 0.717) is 0 Å². The highest BCUT2D eigenvalue weighted by atomic mass is 79.9. The Labute approximate surface area is 104 Å². The van der Waals surface area contributed by atoms with Crippen molar-refractivity contribution < 1.29 is 9.90 Å². The van der Waals surface area contributed by atoms with Gasteiger partial charge in [-0.2, -0.15) is 0 Å². The largest absolute Gasteiger partial charge is 0.387 e. The summed E-state index contributed by atoms with van der Waals surface area (Å²) in [5.74, 6) is -0.0857. The number of hydrogen-bond donors (Lipinski definition) is 2. The Balaban J connectivity index is 2.42. The minimum Gasteiger partial charge on any atom is -0.387 e. The zero-order chi connectivity index (χ0) is 12.0. The van der Waals surface area contributed by atoms with Crippen LogP contribution < -0.4 is 5.32 Å². The van der Waals surface area contributed by atoms with Gasteiger partial charge in [-0.15, -0.1) is 0 Å². The Kier molecular flexibility index (Phi) is 5.49. The Morgan fingerprint density at radius 1 is 1.44 bits per heavy atom. The van der Waals surface area contributed by atoms with Gasteiger partial charge in [0, 0.05) is 6.54 Å². The number of alkyl halides is 1. The van der Waals surface area contributed by atoms with E-state index in [1.54, 1.807) is 0 Å². The third-order valence-corrected chi connectivity index (χ3v) is 3.36. The third kappa shape index (κ3) is 3.94. The molecule has 4 heteroatoms. The van der Waals surface area contributed by atoms with Crippen molar-refractivity contribution in [3.63, 3.8) is 0 Å². The van der Waals surface area contributed by atoms with Crippen molar-refractivity contribution in [3.8, 4) is 0 Å². The van der Waals surface area contributed by atoms with Gasteiger partial charge in [0.2, 0.25) is 5.91 Å². The molecule has 1 rings (SSSR count). The van der Waals surface area contributed by atoms with Crippen LogP contribution in [0, 0.1) is 0 Å². The number of amides is 1. The number of hydrogen-bond acceptors (Lipinski definition) is 2. The lowest BCUT2D eigenvalue weighted by Crippen LogP contribution is -2.33. The molecule has 1 aromatic rings. The third-order valence-electron chi connectivity index (χ3n) is 2.30. The monoisotopic (exact) mass is 285 g/mol. The van der Waals surface area contributed by atoms with E-state index in [4.69, 9.17) is 0 Å². The summed E-state index contributed by atoms with van der Waals surface area (Å²) >= 11 is 3.25. The Morgan fingerprint density at radius 3 is 2.62 bits per heavy atom. The molecule has 2 atom stereocenters. The second-order valence-corrected chi connectivity index (χ2v) is 4.65. The maximum absolute atomic E-state index is 11.4. The van der Waals surface area contributed by atoms with Crippen LogP contribution in [0.3, 0.4) is 0 Å². The first kappa shape index (κ1) is 13.2. The number of benzene rings is 1. The number of aliphatic hydroxyl groups is 1. The zero-order valence-electron chi connectivity index (χ0n) is 9.19. The fourth-order valence-corrected chi connectivity index (χ4v) is 1.45. The number of aliphatic hydroxyl groups excluding tert-OH is 1. The van der Waals surface area contributed by atoms with Crippen molar-refractivity contribution >= 4 is 21.8 Å². The Hall–Kier alpha value is -0.870. The van der Waals surface area contributed by atoms with Gasteiger partial charge in [0.15, 0.2) is 0 Å². The lowest BCUT2D eigenvalue weighted by atomic mass is 10.1. The maximum atomic E-state index is 11.4. The molecule has 2 N–H and O–H groups in total. The van der Waals surface area contributed by atoms with Crippen molar-refractivity contribution in [2.24, 2.45) is 0 Å². The standard InChI is InChI=1S/C12H16BrNO2/c1-2-10(13)12(16)14-8-11(15)9-6-4-3-5-7-9/h3-7,10-11,15H,2,8H2,1H3,(H,14,16). The minimum atomic E-state index is -0.651. The lowest BCUT2D eigenvalue weighted by molar-refractivity contribution is -0.120. The van der Waals surface area contributed by atoms with Crippen molar-refractivity contribution in [1.82, 2.24) is 5.32 Å². The van der Waals surface area contributed by atoms with Crippen LogP contribution in [0.4, 0.5) is 0 Å². The molecule has 0 aliphatic heterocycles. The molecule has 1 amide bonds. The van der Waals surface area contributed by atoms with E-state index in [1.807, 2.05) is 37.3 Å². The van der Waals surface area contributed by atoms with E-state index in [2.05, 4.69) is 21.2 Å². The van der Waals surface area contributed by atoms with Crippen molar-refractivity contribution in [2.45, 2.75) is 24.3 Å². The fraction of sp³-hybridized carbons (Fsp3) is 0.417. The van der Waals surface area contributed by atoms with Crippen molar-refractivity contribution in [1.29, 1.82) is 0 Å². The van der Waals surface area contributed by atoms with Gasteiger partial charge in [-0.3, -0.25) is 4.79 Å². The topological polar surface area (TPSA) is 49.3 Å². The van der Waals surface area contributed by atoms with E-state index < -0.39 is 6.10 Å². The normalized spacial score (nSPS) is 14.2. The summed E-state index contributed by atoms with van der Waals surface area (Å²) in [5, 5.41) is 12.5. The molecule has 0 spiro atoms. The molecule has 0 saturated heterocycles. The maximum Gasteiger partial charge on any atom is 0.233 e. The van der Waals surface area contributed by atoms with E-state index >= 15 is 0 Å². The van der Waals surface area contributed by atoms with Gasteiger partial charge in [0.1, 0.15) is 0 Å². The average molecular weight is 286 g/mol. The molecule has 0 aliphatic carbocycles. The van der Waals surface area contributed by atoms with Gasteiger partial charge in [-0.1, -0.05) is 53.2 Å². The quantitative estimate of drug-likeness (QED) is 0.813. The van der Waals surface area contributed by atoms with Crippen LogP contribution in [-0.4, -0.2) is 22.4 Å². The predicted molar refractivity (Wildman–Crippen MR) is 67.4 cm³/mol. The van der Waals surface area contributed by atoms with Gasteiger partial charge >= 0.3 is 0 Å². The molecule has 1 aromatic carbocycles. The molecule has 2 unspecified atom stereocenters. The molecule has 0 bridgehead atoms. The van der Waals surface area contributed by atoms with Crippen LogP contribution in [-0.2, 0) is 4.79 Å². The van der Waals surface area contributed by atoms with E-state index in [9.17, 15) is 9.90 Å². The summed E-state index contributed by atoms with van der Waals surface area (Å²) in [7, 11) is 0. The molecule has 3 nitrogen and oxygen atoms in total. The minimum absolute atomic E-state index is 0.0857. The smallest absolute Gasteiger partial charge is 0.233 e. The highest BCUT2D eigenvalue weighted by Gasteiger charge is 2.14. The molecule has 16 heavy (non-hydrogen) atoms. The van der Waals surface area contributed by atoms with Crippen molar-refractivity contribution in [2.75, 3.05) is 6.54 Å². The lowest BCUT2D eigenvalue weighted by Gasteiger charge is -2.13. The number of rotatable bonds is 5. The molecular weight excluding hydrogens is 270 g/mol. The van der Waals surface area contributed by atoms with E-state index in [1.165, 1.54) is 0 Å². The number of halogens is 1. The molecular formula is C12H16BrNO2. The second-order valence-electron chi connectivity index (χ2n) is 3.55. The summed E-state index contributed by atoms with van der Waals surface area (Å²) in [6.07, 6.45) is 0.0782. The number of nitrogens with one attached hydrogen (secondary N) is 1. The van der Waals surface area contributed by atoms with Gasteiger partial charge in [0.05, 0.1) is 10.9 Å². The summed E-state index contributed by atoms with van der Waals surface area (Å²) in [5.41, 5.74) is 0.811. The molecule has 0 saturated carbocycles. The highest BCUT2D eigenvalue weighted by molar-refractivity contribution is 9.10. The van der Waals surface area contributed by atoms with E-state index in [0.717, 1.165) is 12.0 Å². The van der Waals surface area contributed by atoms with E-state index in [-0.39, 0.29) is 17.3 Å². The highest BCUT2D eigenvalue weighted by Crippen LogP contribution is 2.11. The van der Waals surface area contributed by atoms with Crippen LogP contribution in [0.1, 0.15) is 25.0 Å². The SMILES string of the molecule is CCC(Br)C(=O)NCC(O)c1ccccc1. The molecule has 0 aliphatic rings. The zero-order valence-corrected chi connectivity index (χ0v) is 10.8. The average Bonchev–Trinajstić information content (AvgIpc) is 2.35. The van der Waals surface area contributed by atoms with Crippen LogP contribution in [0.15, 0.2) is 30.3 Å². The molecule has 0 heterocycles. The summed E-state index contributed by atoms with van der Waals surface area (Å²) in [6, 6.07) is 9.28. The van der Waals surface area contributed by atoms with Crippen molar-refractivity contribution in [3.05, 3.63) is 35.9 Å². The first-order valence-electron chi connectivity index (χ1n) is 5.30. The summed E-state index contributed by atoms with van der Waals surface area (Å²) < 4.78 is 0. The van der Waals surface area contributed by atoms with Crippen LogP contribution in [0.25, 0.3) is 0 Å². The van der Waals surface area contributed by atoms with Crippen LogP contribution in [0.2, 0.25) is 0 Å². The Morgan fingerprint density at radius 2 is 2.06 bits per heavy atom. The van der Waals surface area contributed by atoms with Crippen LogP contribution >= 0.6 is 15.9 Å². The number of carbonyl (C=O) groups is 1. The van der Waals surface area contributed by atoms with Gasteiger partial charge in [-0.05, 0) is 12.0 Å². The number of carbonyl (C=O) groups excluding carboxylic acids is 1. The van der Waals surface area contributed by atoms with Gasteiger partial charge in [-0.25, -0.2) is 0 Å². The fourth-order valence-electron chi connectivity index (χ4n) is 1.29. The summed E-state index contributed by atoms with van der Waals surface area (Å²) in [6.45, 7) is 2.16. The molecule has 0 radical (unpaired) electrons. The molecule has 0 fully saturated rings. The predicted octanol–water partition coefficient (Wildman–Crippen LogP) is 2.01. The Bertz CT molecular complexity index is 329. The first-order valence-corrected chi connectivity index (χ1v) is 6.21. The molecule has 0 aromatic heterocycles. The first-order chi connectivity index (χ1) is 7.65. The van der Waals surface area contributed by atoms with Gasteiger partial charge in [0.25, 0.3) is 0 Å².